The molecule has 7 rings (SSSR count). The summed E-state index contributed by atoms with van der Waals surface area (Å²) in [6, 6.07) is 31.6. The van der Waals surface area contributed by atoms with Crippen LogP contribution in [0.4, 0.5) is 0 Å². The van der Waals surface area contributed by atoms with Crippen molar-refractivity contribution in [2.24, 2.45) is 0 Å². The molecule has 0 saturated carbocycles. The van der Waals surface area contributed by atoms with Gasteiger partial charge in [0, 0.05) is 20.6 Å². The molecule has 0 aliphatic carbocycles. The maximum Gasteiger partial charge on any atom is 0.227 e. The molecule has 7 aromatic rings. The van der Waals surface area contributed by atoms with Crippen LogP contribution in [0.5, 0.6) is 0 Å². The predicted octanol–water partition coefficient (Wildman–Crippen LogP) is 10.8. The van der Waals surface area contributed by atoms with Crippen molar-refractivity contribution in [3.63, 3.8) is 0 Å². The topological polar surface area (TPSA) is 43.9 Å². The van der Waals surface area contributed by atoms with Crippen molar-refractivity contribution in [3.8, 4) is 28.2 Å². The molecule has 226 valence electrons. The van der Waals surface area contributed by atoms with E-state index in [0.717, 1.165) is 38.9 Å². The zero-order chi connectivity index (χ0) is 34.1. The van der Waals surface area contributed by atoms with Gasteiger partial charge in [0.05, 0.1) is 30.4 Å². The van der Waals surface area contributed by atoms with E-state index < -0.39 is 14.9 Å². The van der Waals surface area contributed by atoms with E-state index in [1.54, 1.807) is 12.1 Å². The highest BCUT2D eigenvalue weighted by atomic mass is 28.3. The maximum absolute atomic E-state index is 7.88. The Morgan fingerprint density at radius 3 is 2.11 bits per heavy atom. The first-order chi connectivity index (χ1) is 22.7. The summed E-state index contributed by atoms with van der Waals surface area (Å²) < 4.78 is 32.3. The molecule has 0 N–H and O–H groups in total. The summed E-state index contributed by atoms with van der Waals surface area (Å²) in [5, 5.41) is 3.10. The van der Waals surface area contributed by atoms with E-state index in [2.05, 4.69) is 111 Å². The highest BCUT2D eigenvalue weighted by Crippen LogP contribution is 2.42. The van der Waals surface area contributed by atoms with Gasteiger partial charge in [-0.15, -0.1) is 0 Å². The van der Waals surface area contributed by atoms with E-state index >= 15 is 0 Å². The Labute approximate surface area is 271 Å². The van der Waals surface area contributed by atoms with Crippen molar-refractivity contribution < 1.29 is 8.53 Å². The number of hydrogen-bond acceptors (Lipinski definition) is 3. The van der Waals surface area contributed by atoms with E-state index in [1.807, 2.05) is 24.3 Å². The van der Waals surface area contributed by atoms with Gasteiger partial charge in [-0.1, -0.05) is 101 Å². The Balaban J connectivity index is 1.51. The SMILES string of the molecule is [2H]C([2H])([2H])c1ccc2c(n1)oc1c(-c3nc4ccccc4n3-c3c(C(C)C)cc(-c4ccc([Si](C)(C)C)cc4)cc3C(C)C)cccc12. The molecule has 0 radical (unpaired) electrons. The number of pyridine rings is 1. The van der Waals surface area contributed by atoms with Gasteiger partial charge in [0.25, 0.3) is 0 Å². The largest absolute Gasteiger partial charge is 0.437 e. The fourth-order valence-electron chi connectivity index (χ4n) is 6.44. The summed E-state index contributed by atoms with van der Waals surface area (Å²) in [7, 11) is -1.41. The molecule has 0 amide bonds. The number of aryl methyl sites for hydroxylation is 1. The van der Waals surface area contributed by atoms with E-state index in [1.165, 1.54) is 27.4 Å². The van der Waals surface area contributed by atoms with Crippen molar-refractivity contribution in [2.45, 2.75) is 66.0 Å². The smallest absolute Gasteiger partial charge is 0.227 e. The first-order valence-corrected chi connectivity index (χ1v) is 19.3. The minimum absolute atomic E-state index is 0.0150. The van der Waals surface area contributed by atoms with E-state index in [-0.39, 0.29) is 17.5 Å². The highest BCUT2D eigenvalue weighted by Gasteiger charge is 2.25. The summed E-state index contributed by atoms with van der Waals surface area (Å²) in [6.07, 6.45) is 0. The van der Waals surface area contributed by atoms with Crippen LogP contribution in [0.3, 0.4) is 0 Å². The van der Waals surface area contributed by atoms with E-state index in [4.69, 9.17) is 13.5 Å². The van der Waals surface area contributed by atoms with Crippen LogP contribution in [-0.4, -0.2) is 22.6 Å². The minimum atomic E-state index is -2.33. The summed E-state index contributed by atoms with van der Waals surface area (Å²) in [4.78, 5) is 9.67. The first kappa shape index (κ1) is 25.8. The molecule has 5 heteroatoms. The molecule has 3 heterocycles. The van der Waals surface area contributed by atoms with Gasteiger partial charge in [-0.2, -0.15) is 0 Å². The van der Waals surface area contributed by atoms with Gasteiger partial charge in [0.2, 0.25) is 5.71 Å². The quantitative estimate of drug-likeness (QED) is 0.176. The second-order valence-electron chi connectivity index (χ2n) is 13.7. The number of hydrogen-bond donors (Lipinski definition) is 0. The Bertz CT molecular complexity index is 2290. The van der Waals surface area contributed by atoms with Crippen molar-refractivity contribution in [1.82, 2.24) is 14.5 Å². The second kappa shape index (κ2) is 10.8. The minimum Gasteiger partial charge on any atom is -0.437 e. The standard InChI is InChI=1S/C40H41N3OSi/c1-24(2)33-22-28(27-17-19-29(20-18-27)45(6,7)8)23-34(25(3)4)37(33)43-36-15-10-9-14-35(36)42-39(43)32-13-11-12-30-31-21-16-26(5)41-40(31)44-38(30)32/h9-25H,1-8H3/i5D3. The summed E-state index contributed by atoms with van der Waals surface area (Å²) in [5.41, 5.74) is 9.76. The summed E-state index contributed by atoms with van der Waals surface area (Å²) in [6.45, 7) is 13.9. The summed E-state index contributed by atoms with van der Waals surface area (Å²) in [5.74, 6) is 1.24. The van der Waals surface area contributed by atoms with E-state index in [9.17, 15) is 0 Å². The zero-order valence-electron chi connectivity index (χ0n) is 30.1. The average Bonchev–Trinajstić information content (AvgIpc) is 3.61. The zero-order valence-corrected chi connectivity index (χ0v) is 28.1. The third kappa shape index (κ3) is 5.00. The van der Waals surface area contributed by atoms with Gasteiger partial charge in [0.1, 0.15) is 11.4 Å². The van der Waals surface area contributed by atoms with Gasteiger partial charge < -0.3 is 4.42 Å². The second-order valence-corrected chi connectivity index (χ2v) is 18.8. The average molecular weight is 611 g/mol. The molecular formula is C40H41N3OSi. The lowest BCUT2D eigenvalue weighted by Crippen LogP contribution is -2.37. The number of fused-ring (bicyclic) bond motifs is 4. The van der Waals surface area contributed by atoms with Crippen LogP contribution in [0.2, 0.25) is 19.6 Å². The lowest BCUT2D eigenvalue weighted by atomic mass is 9.88. The molecule has 0 aliphatic heterocycles. The molecule has 45 heavy (non-hydrogen) atoms. The lowest BCUT2D eigenvalue weighted by molar-refractivity contribution is 0.653. The Kier molecular flexibility index (Phi) is 6.22. The van der Waals surface area contributed by atoms with Gasteiger partial charge >= 0.3 is 0 Å². The molecule has 0 bridgehead atoms. The summed E-state index contributed by atoms with van der Waals surface area (Å²) >= 11 is 0. The normalized spacial score (nSPS) is 13.7. The van der Waals surface area contributed by atoms with Crippen LogP contribution in [0.15, 0.2) is 95.4 Å². The van der Waals surface area contributed by atoms with Crippen LogP contribution >= 0.6 is 0 Å². The monoisotopic (exact) mass is 610 g/mol. The molecular weight excluding hydrogens is 567 g/mol. The number of imidazole rings is 1. The van der Waals surface area contributed by atoms with Crippen molar-refractivity contribution >= 4 is 46.4 Å². The molecule has 4 nitrogen and oxygen atoms in total. The molecule has 4 aromatic carbocycles. The number of nitrogens with zero attached hydrogens (tertiary/aromatic N) is 3. The van der Waals surface area contributed by atoms with Crippen LogP contribution in [0, 0.1) is 6.85 Å². The molecule has 0 unspecified atom stereocenters. The number of rotatable bonds is 6. The molecule has 0 spiro atoms. The van der Waals surface area contributed by atoms with Gasteiger partial charge in [-0.05, 0) is 83.4 Å². The molecule has 0 saturated heterocycles. The molecule has 0 atom stereocenters. The van der Waals surface area contributed by atoms with E-state index in [0.29, 0.717) is 11.3 Å². The third-order valence-electron chi connectivity index (χ3n) is 8.89. The molecule has 0 aliphatic rings. The Morgan fingerprint density at radius 2 is 1.44 bits per heavy atom. The lowest BCUT2D eigenvalue weighted by Gasteiger charge is -2.24. The van der Waals surface area contributed by atoms with Gasteiger partial charge in [0.15, 0.2) is 0 Å². The van der Waals surface area contributed by atoms with Crippen LogP contribution < -0.4 is 5.19 Å². The van der Waals surface area contributed by atoms with Crippen LogP contribution in [-0.2, 0) is 0 Å². The van der Waals surface area contributed by atoms with Crippen molar-refractivity contribution in [3.05, 3.63) is 108 Å². The number of furan rings is 1. The number of benzene rings is 4. The fraction of sp³-hybridized carbons (Fsp3) is 0.250. The van der Waals surface area contributed by atoms with Gasteiger partial charge in [-0.25, -0.2) is 9.97 Å². The fourth-order valence-corrected chi connectivity index (χ4v) is 7.60. The number of aromatic nitrogens is 3. The Morgan fingerprint density at radius 1 is 0.733 bits per heavy atom. The number of para-hydroxylation sites is 3. The maximum atomic E-state index is 7.88. The van der Waals surface area contributed by atoms with Crippen molar-refractivity contribution in [2.75, 3.05) is 0 Å². The molecule has 3 aromatic heterocycles. The third-order valence-corrected chi connectivity index (χ3v) is 11.0. The predicted molar refractivity (Wildman–Crippen MR) is 193 cm³/mol. The van der Waals surface area contributed by atoms with Crippen LogP contribution in [0.1, 0.15) is 60.5 Å². The molecule has 0 fully saturated rings. The van der Waals surface area contributed by atoms with Crippen LogP contribution in [0.25, 0.3) is 61.3 Å². The Hall–Kier alpha value is -4.48. The first-order valence-electron chi connectivity index (χ1n) is 17.3. The van der Waals surface area contributed by atoms with Gasteiger partial charge in [-0.3, -0.25) is 4.57 Å². The van der Waals surface area contributed by atoms with Crippen molar-refractivity contribution in [1.29, 1.82) is 0 Å². The highest BCUT2D eigenvalue weighted by molar-refractivity contribution is 6.88.